The zero-order valence-electron chi connectivity index (χ0n) is 11.5. The van der Waals surface area contributed by atoms with E-state index in [1.54, 1.807) is 11.8 Å². The van der Waals surface area contributed by atoms with Crippen LogP contribution in [-0.2, 0) is 0 Å². The van der Waals surface area contributed by atoms with Crippen LogP contribution in [-0.4, -0.2) is 33.9 Å². The lowest BCUT2D eigenvalue weighted by Crippen LogP contribution is -2.49. The monoisotopic (exact) mass is 303 g/mol. The van der Waals surface area contributed by atoms with E-state index in [1.165, 1.54) is 6.20 Å². The van der Waals surface area contributed by atoms with Gasteiger partial charge in [0.2, 0.25) is 0 Å². The molecule has 6 heteroatoms. The molecule has 21 heavy (non-hydrogen) atoms. The van der Waals surface area contributed by atoms with Crippen molar-refractivity contribution in [1.82, 2.24) is 14.9 Å². The molecule has 2 heterocycles. The predicted molar refractivity (Wildman–Crippen MR) is 79.7 cm³/mol. The summed E-state index contributed by atoms with van der Waals surface area (Å²) in [5, 5.41) is 0.691. The summed E-state index contributed by atoms with van der Waals surface area (Å²) in [6.07, 6.45) is 1.34. The summed E-state index contributed by atoms with van der Waals surface area (Å²) < 4.78 is 0. The number of rotatable bonds is 2. The molecule has 108 valence electrons. The van der Waals surface area contributed by atoms with E-state index in [1.807, 2.05) is 24.3 Å². The number of nitrogens with zero attached hydrogens (tertiary/aromatic N) is 2. The van der Waals surface area contributed by atoms with Crippen LogP contribution >= 0.6 is 11.6 Å². The minimum atomic E-state index is -0.390. The third-order valence-corrected chi connectivity index (χ3v) is 3.88. The summed E-state index contributed by atoms with van der Waals surface area (Å²) in [7, 11) is 0. The van der Waals surface area contributed by atoms with Crippen molar-refractivity contribution < 1.29 is 4.79 Å². The Morgan fingerprint density at radius 1 is 1.43 bits per heavy atom. The Bertz CT molecular complexity index is 751. The van der Waals surface area contributed by atoms with Gasteiger partial charge in [-0.25, -0.2) is 4.98 Å². The Balaban J connectivity index is 1.71. The lowest BCUT2D eigenvalue weighted by molar-refractivity contribution is 0.0600. The van der Waals surface area contributed by atoms with Gasteiger partial charge in [0.05, 0.1) is 0 Å². The van der Waals surface area contributed by atoms with Crippen LogP contribution in [0, 0.1) is 6.92 Å². The summed E-state index contributed by atoms with van der Waals surface area (Å²) in [6, 6.07) is 7.63. The first-order valence-electron chi connectivity index (χ1n) is 6.65. The quantitative estimate of drug-likeness (QED) is 0.922. The van der Waals surface area contributed by atoms with Crippen molar-refractivity contribution in [2.24, 2.45) is 0 Å². The number of benzene rings is 1. The molecule has 0 spiro atoms. The van der Waals surface area contributed by atoms with E-state index in [4.69, 9.17) is 11.6 Å². The second-order valence-corrected chi connectivity index (χ2v) is 5.61. The van der Waals surface area contributed by atoms with Crippen molar-refractivity contribution in [3.63, 3.8) is 0 Å². The van der Waals surface area contributed by atoms with Gasteiger partial charge in [0, 0.05) is 30.2 Å². The number of nitrogens with one attached hydrogen (secondary N) is 1. The molecule has 1 aliphatic heterocycles. The highest BCUT2D eigenvalue weighted by Crippen LogP contribution is 2.29. The van der Waals surface area contributed by atoms with E-state index in [2.05, 4.69) is 9.97 Å². The second kappa shape index (κ2) is 5.33. The van der Waals surface area contributed by atoms with E-state index in [0.29, 0.717) is 23.9 Å². The van der Waals surface area contributed by atoms with Gasteiger partial charge in [-0.05, 0) is 24.6 Å². The molecule has 0 bridgehead atoms. The molecule has 0 atom stereocenters. The number of aromatic amines is 1. The van der Waals surface area contributed by atoms with Crippen molar-refractivity contribution in [2.75, 3.05) is 13.1 Å². The first-order valence-corrected chi connectivity index (χ1v) is 7.03. The summed E-state index contributed by atoms with van der Waals surface area (Å²) in [5.41, 5.74) is 0.811. The molecule has 3 rings (SSSR count). The highest BCUT2D eigenvalue weighted by Gasteiger charge is 2.33. The molecule has 1 amide bonds. The SMILES string of the molecule is Cc1ncc(C(=O)N2CC(c3cccc(Cl)c3)C2)c(=O)[nH]1. The fourth-order valence-corrected chi connectivity index (χ4v) is 2.62. The van der Waals surface area contributed by atoms with E-state index in [-0.39, 0.29) is 17.4 Å². The number of hydrogen-bond acceptors (Lipinski definition) is 3. The second-order valence-electron chi connectivity index (χ2n) is 5.17. The Morgan fingerprint density at radius 3 is 2.86 bits per heavy atom. The Kier molecular flexibility index (Phi) is 3.51. The van der Waals surface area contributed by atoms with Gasteiger partial charge in [0.15, 0.2) is 0 Å². The van der Waals surface area contributed by atoms with Crippen LogP contribution in [0.3, 0.4) is 0 Å². The van der Waals surface area contributed by atoms with Gasteiger partial charge in [0.25, 0.3) is 11.5 Å². The van der Waals surface area contributed by atoms with Crippen LogP contribution in [0.5, 0.6) is 0 Å². The number of aromatic nitrogens is 2. The fraction of sp³-hybridized carbons (Fsp3) is 0.267. The van der Waals surface area contributed by atoms with E-state index < -0.39 is 5.56 Å². The van der Waals surface area contributed by atoms with Crippen LogP contribution in [0.4, 0.5) is 0 Å². The predicted octanol–water partition coefficient (Wildman–Crippen LogP) is 1.97. The summed E-state index contributed by atoms with van der Waals surface area (Å²) in [4.78, 5) is 32.2. The van der Waals surface area contributed by atoms with Gasteiger partial charge < -0.3 is 9.88 Å². The molecule has 1 aromatic heterocycles. The van der Waals surface area contributed by atoms with Gasteiger partial charge in [0.1, 0.15) is 11.4 Å². The average Bonchev–Trinajstić information content (AvgIpc) is 2.36. The minimum absolute atomic E-state index is 0.0881. The maximum Gasteiger partial charge on any atom is 0.263 e. The van der Waals surface area contributed by atoms with Crippen LogP contribution < -0.4 is 5.56 Å². The number of H-pyrrole nitrogens is 1. The number of carbonyl (C=O) groups is 1. The van der Waals surface area contributed by atoms with Gasteiger partial charge in [-0.1, -0.05) is 23.7 Å². The number of carbonyl (C=O) groups excluding carboxylic acids is 1. The molecule has 0 saturated carbocycles. The molecular weight excluding hydrogens is 290 g/mol. The number of amides is 1. The molecule has 0 aliphatic carbocycles. The summed E-state index contributed by atoms with van der Waals surface area (Å²) in [5.74, 6) is 0.490. The van der Waals surface area contributed by atoms with Crippen LogP contribution in [0.25, 0.3) is 0 Å². The first kappa shape index (κ1) is 13.8. The highest BCUT2D eigenvalue weighted by atomic mass is 35.5. The molecule has 0 radical (unpaired) electrons. The van der Waals surface area contributed by atoms with Crippen LogP contribution in [0.15, 0.2) is 35.3 Å². The van der Waals surface area contributed by atoms with Crippen molar-refractivity contribution in [3.05, 3.63) is 62.8 Å². The summed E-state index contributed by atoms with van der Waals surface area (Å²) in [6.45, 7) is 2.85. The zero-order chi connectivity index (χ0) is 15.0. The van der Waals surface area contributed by atoms with E-state index >= 15 is 0 Å². The molecule has 0 unspecified atom stereocenters. The lowest BCUT2D eigenvalue weighted by Gasteiger charge is -2.39. The van der Waals surface area contributed by atoms with Crippen LogP contribution in [0.1, 0.15) is 27.7 Å². The number of halogens is 1. The van der Waals surface area contributed by atoms with E-state index in [0.717, 1.165) is 5.56 Å². The molecule has 1 aromatic carbocycles. The van der Waals surface area contributed by atoms with Gasteiger partial charge >= 0.3 is 0 Å². The topological polar surface area (TPSA) is 66.1 Å². The molecule has 1 saturated heterocycles. The minimum Gasteiger partial charge on any atom is -0.337 e. The largest absolute Gasteiger partial charge is 0.337 e. The van der Waals surface area contributed by atoms with Gasteiger partial charge in [-0.15, -0.1) is 0 Å². The lowest BCUT2D eigenvalue weighted by atomic mass is 9.91. The van der Waals surface area contributed by atoms with E-state index in [9.17, 15) is 9.59 Å². The highest BCUT2D eigenvalue weighted by molar-refractivity contribution is 6.30. The fourth-order valence-electron chi connectivity index (χ4n) is 2.42. The Labute approximate surface area is 126 Å². The third kappa shape index (κ3) is 2.69. The number of likely N-dealkylation sites (tertiary alicyclic amines) is 1. The number of aryl methyl sites for hydroxylation is 1. The van der Waals surface area contributed by atoms with Crippen molar-refractivity contribution >= 4 is 17.5 Å². The normalized spacial score (nSPS) is 14.9. The smallest absolute Gasteiger partial charge is 0.263 e. The van der Waals surface area contributed by atoms with Crippen molar-refractivity contribution in [2.45, 2.75) is 12.8 Å². The molecule has 1 aliphatic rings. The average molecular weight is 304 g/mol. The standard InChI is InChI=1S/C15H14ClN3O2/c1-9-17-6-13(14(20)18-9)15(21)19-7-11(8-19)10-3-2-4-12(16)5-10/h2-6,11H,7-8H2,1H3,(H,17,18,20). The molecule has 1 N–H and O–H groups in total. The van der Waals surface area contributed by atoms with Gasteiger partial charge in [-0.2, -0.15) is 0 Å². The maximum absolute atomic E-state index is 12.2. The Morgan fingerprint density at radius 2 is 2.19 bits per heavy atom. The van der Waals surface area contributed by atoms with Crippen LogP contribution in [0.2, 0.25) is 5.02 Å². The third-order valence-electron chi connectivity index (χ3n) is 3.65. The van der Waals surface area contributed by atoms with Gasteiger partial charge in [-0.3, -0.25) is 9.59 Å². The summed E-state index contributed by atoms with van der Waals surface area (Å²) >= 11 is 5.97. The first-order chi connectivity index (χ1) is 10.0. The maximum atomic E-state index is 12.2. The van der Waals surface area contributed by atoms with Crippen molar-refractivity contribution in [3.8, 4) is 0 Å². The molecule has 5 nitrogen and oxygen atoms in total. The molecular formula is C15H14ClN3O2. The number of hydrogen-bond donors (Lipinski definition) is 1. The van der Waals surface area contributed by atoms with Crippen molar-refractivity contribution in [1.29, 1.82) is 0 Å². The Hall–Kier alpha value is -2.14. The zero-order valence-corrected chi connectivity index (χ0v) is 12.2. The molecule has 1 fully saturated rings. The molecule has 2 aromatic rings.